The van der Waals surface area contributed by atoms with Gasteiger partial charge in [-0.2, -0.15) is 0 Å². The highest BCUT2D eigenvalue weighted by atomic mass is 16.3. The van der Waals surface area contributed by atoms with E-state index in [-0.39, 0.29) is 33.9 Å². The highest BCUT2D eigenvalue weighted by Crippen LogP contribution is 2.62. The predicted octanol–water partition coefficient (Wildman–Crippen LogP) is 15.3. The monoisotopic (exact) mass is 878 g/mol. The lowest BCUT2D eigenvalue weighted by Gasteiger charge is -2.51. The summed E-state index contributed by atoms with van der Waals surface area (Å²) in [6, 6.07) is 54.0. The van der Waals surface area contributed by atoms with E-state index in [1.807, 2.05) is 0 Å². The van der Waals surface area contributed by atoms with Gasteiger partial charge in [-0.3, -0.25) is 0 Å². The van der Waals surface area contributed by atoms with Crippen LogP contribution >= 0.6 is 0 Å². The van der Waals surface area contributed by atoms with Gasteiger partial charge in [0.2, 0.25) is 0 Å². The van der Waals surface area contributed by atoms with Gasteiger partial charge in [-0.15, -0.1) is 0 Å². The van der Waals surface area contributed by atoms with Gasteiger partial charge in [0.1, 0.15) is 11.2 Å². The Labute approximate surface area is 398 Å². The number of furan rings is 1. The number of benzene rings is 7. The lowest BCUT2D eigenvalue weighted by molar-refractivity contribution is 0.195. The van der Waals surface area contributed by atoms with Crippen LogP contribution in [0, 0.1) is 0 Å². The molecule has 1 saturated carbocycles. The molecule has 67 heavy (non-hydrogen) atoms. The molecule has 12 rings (SSSR count). The summed E-state index contributed by atoms with van der Waals surface area (Å²) in [6.07, 6.45) is 4.79. The zero-order chi connectivity index (χ0) is 46.6. The van der Waals surface area contributed by atoms with Crippen LogP contribution in [0.2, 0.25) is 0 Å². The minimum atomic E-state index is -0.121. The minimum Gasteiger partial charge on any atom is -0.456 e. The Balaban J connectivity index is 1.23. The Morgan fingerprint density at radius 3 is 1.69 bits per heavy atom. The topological polar surface area (TPSA) is 22.9 Å². The first kappa shape index (κ1) is 42.2. The van der Waals surface area contributed by atoms with Crippen LogP contribution in [0.4, 0.5) is 45.5 Å². The first-order valence-corrected chi connectivity index (χ1v) is 24.8. The van der Waals surface area contributed by atoms with Gasteiger partial charge in [0.15, 0.2) is 0 Å². The van der Waals surface area contributed by atoms with Crippen LogP contribution in [-0.4, -0.2) is 12.3 Å². The second kappa shape index (κ2) is 14.2. The molecular formula is C62H64BN3O. The standard InChI is InChI=1S/C62H64BN3O/c1-58(2,3)39-19-18-20-42(33-39)64-51-34-40(59(4,5)6)25-28-48(51)63-49-29-26-41(60(7,8)9)35-52(49)65(43-27-30-56-46(36-43)45-21-12-15-24-55(45)67-56)54-38-44(37-53(64)57(54)63)66-50-23-14-13-22-47(50)61(10)31-16-17-32-62(61,66)11/h12-15,18-30,33-38H,16-17,31-32H2,1-11H3. The fraction of sp³-hybridized carbons (Fsp3) is 0.323. The number of hydrogen-bond acceptors (Lipinski definition) is 4. The number of rotatable bonds is 3. The molecule has 1 fully saturated rings. The quantitative estimate of drug-likeness (QED) is 0.165. The largest absolute Gasteiger partial charge is 0.456 e. The Morgan fingerprint density at radius 1 is 0.463 bits per heavy atom. The van der Waals surface area contributed by atoms with Gasteiger partial charge in [0, 0.05) is 61.7 Å². The summed E-state index contributed by atoms with van der Waals surface area (Å²) in [4.78, 5) is 8.04. The SMILES string of the molecule is CC(C)(C)c1cccc(N2c3cc(C(C)(C)C)ccc3B3c4ccc(C(C)(C)C)cc4N(c4ccc5oc6ccccc6c5c4)c4cc(N5c6ccccc6C6(C)CCCCC56C)cc2c43)c1. The summed E-state index contributed by atoms with van der Waals surface area (Å²) in [5.41, 5.74) is 21.0. The number of anilines is 8. The third-order valence-electron chi connectivity index (χ3n) is 16.6. The molecule has 3 aliphatic heterocycles. The van der Waals surface area contributed by atoms with Crippen molar-refractivity contribution >= 4 is 90.5 Å². The van der Waals surface area contributed by atoms with E-state index in [1.54, 1.807) is 0 Å². The molecule has 336 valence electrons. The van der Waals surface area contributed by atoms with Gasteiger partial charge in [-0.1, -0.05) is 155 Å². The fourth-order valence-corrected chi connectivity index (χ4v) is 12.7. The third kappa shape index (κ3) is 6.11. The Morgan fingerprint density at radius 2 is 1.03 bits per heavy atom. The van der Waals surface area contributed by atoms with Crippen molar-refractivity contribution in [2.24, 2.45) is 0 Å². The molecule has 4 aliphatic rings. The molecule has 0 spiro atoms. The van der Waals surface area contributed by atoms with Crippen molar-refractivity contribution in [3.8, 4) is 0 Å². The fourth-order valence-electron chi connectivity index (χ4n) is 12.7. The van der Waals surface area contributed by atoms with Crippen molar-refractivity contribution in [1.29, 1.82) is 0 Å². The maximum Gasteiger partial charge on any atom is 0.252 e. The molecule has 2 unspecified atom stereocenters. The highest BCUT2D eigenvalue weighted by molar-refractivity contribution is 7.00. The van der Waals surface area contributed by atoms with E-state index >= 15 is 0 Å². The van der Waals surface area contributed by atoms with Crippen LogP contribution in [0.1, 0.15) is 124 Å². The number of fused-ring (bicyclic) bond motifs is 10. The molecule has 1 aliphatic carbocycles. The van der Waals surface area contributed by atoms with Crippen molar-refractivity contribution < 1.29 is 4.42 Å². The van der Waals surface area contributed by atoms with E-state index in [9.17, 15) is 0 Å². The Kier molecular flexibility index (Phi) is 8.92. The first-order valence-electron chi connectivity index (χ1n) is 24.8. The smallest absolute Gasteiger partial charge is 0.252 e. The van der Waals surface area contributed by atoms with Crippen LogP contribution in [-0.2, 0) is 21.7 Å². The molecule has 7 aromatic carbocycles. The average molecular weight is 878 g/mol. The minimum absolute atomic E-state index is 0.00488. The van der Waals surface area contributed by atoms with E-state index in [1.165, 1.54) is 97.7 Å². The van der Waals surface area contributed by atoms with Crippen LogP contribution in [0.15, 0.2) is 144 Å². The van der Waals surface area contributed by atoms with Gasteiger partial charge in [0.25, 0.3) is 6.71 Å². The van der Waals surface area contributed by atoms with Crippen LogP contribution < -0.4 is 31.1 Å². The van der Waals surface area contributed by atoms with E-state index in [4.69, 9.17) is 4.42 Å². The second-order valence-electron chi connectivity index (χ2n) is 23.8. The summed E-state index contributed by atoms with van der Waals surface area (Å²) in [6.45, 7) is 26.2. The van der Waals surface area contributed by atoms with Crippen molar-refractivity contribution in [3.05, 3.63) is 162 Å². The average Bonchev–Trinajstić information content (AvgIpc) is 3.76. The van der Waals surface area contributed by atoms with Gasteiger partial charge >= 0.3 is 0 Å². The molecular weight excluding hydrogens is 814 g/mol. The first-order chi connectivity index (χ1) is 31.8. The van der Waals surface area contributed by atoms with Crippen LogP contribution in [0.25, 0.3) is 21.9 Å². The lowest BCUT2D eigenvalue weighted by atomic mass is 9.33. The maximum absolute atomic E-state index is 6.49. The lowest BCUT2D eigenvalue weighted by Crippen LogP contribution is -2.61. The number of nitrogens with zero attached hydrogens (tertiary/aromatic N) is 3. The molecule has 0 amide bonds. The van der Waals surface area contributed by atoms with Gasteiger partial charge in [-0.25, -0.2) is 0 Å². The van der Waals surface area contributed by atoms with Gasteiger partial charge < -0.3 is 19.1 Å². The number of hydrogen-bond donors (Lipinski definition) is 0. The second-order valence-corrected chi connectivity index (χ2v) is 23.8. The zero-order valence-corrected chi connectivity index (χ0v) is 41.4. The van der Waals surface area contributed by atoms with Gasteiger partial charge in [-0.05, 0) is 141 Å². The van der Waals surface area contributed by atoms with Gasteiger partial charge in [0.05, 0.1) is 5.54 Å². The molecule has 0 saturated heterocycles. The van der Waals surface area contributed by atoms with Crippen molar-refractivity contribution in [2.45, 2.75) is 129 Å². The van der Waals surface area contributed by atoms with Crippen molar-refractivity contribution in [2.75, 3.05) is 14.7 Å². The normalized spacial score (nSPS) is 19.9. The summed E-state index contributed by atoms with van der Waals surface area (Å²) in [5.74, 6) is 0. The van der Waals surface area contributed by atoms with Crippen LogP contribution in [0.5, 0.6) is 0 Å². The highest BCUT2D eigenvalue weighted by Gasteiger charge is 2.58. The third-order valence-corrected chi connectivity index (χ3v) is 16.6. The van der Waals surface area contributed by atoms with E-state index in [2.05, 4.69) is 230 Å². The predicted molar refractivity (Wildman–Crippen MR) is 287 cm³/mol. The zero-order valence-electron chi connectivity index (χ0n) is 41.4. The van der Waals surface area contributed by atoms with E-state index in [0.717, 1.165) is 34.0 Å². The molecule has 8 aromatic rings. The van der Waals surface area contributed by atoms with Crippen molar-refractivity contribution in [3.63, 3.8) is 0 Å². The molecule has 0 N–H and O–H groups in total. The molecule has 0 radical (unpaired) electrons. The Bertz CT molecular complexity index is 3340. The van der Waals surface area contributed by atoms with E-state index < -0.39 is 0 Å². The molecule has 1 aromatic heterocycles. The van der Waals surface area contributed by atoms with E-state index in [0.29, 0.717) is 0 Å². The summed E-state index contributed by atoms with van der Waals surface area (Å²) < 4.78 is 6.49. The molecule has 4 nitrogen and oxygen atoms in total. The van der Waals surface area contributed by atoms with Crippen molar-refractivity contribution in [1.82, 2.24) is 0 Å². The molecule has 5 heteroatoms. The summed E-state index contributed by atoms with van der Waals surface area (Å²) in [5, 5.41) is 2.27. The molecule has 4 heterocycles. The van der Waals surface area contributed by atoms with Crippen LogP contribution in [0.3, 0.4) is 0 Å². The number of para-hydroxylation sites is 2. The maximum atomic E-state index is 6.49. The summed E-state index contributed by atoms with van der Waals surface area (Å²) >= 11 is 0. The molecule has 2 atom stereocenters. The summed E-state index contributed by atoms with van der Waals surface area (Å²) in [7, 11) is 0. The molecule has 0 bridgehead atoms. The Hall–Kier alpha value is -6.20.